The smallest absolute Gasteiger partial charge is 0.347 e. The lowest BCUT2D eigenvalue weighted by molar-refractivity contribution is -0.366. The minimum Gasteiger partial charge on any atom is -0.479 e. The van der Waals surface area contributed by atoms with Crippen LogP contribution < -0.4 is 5.48 Å². The van der Waals surface area contributed by atoms with Gasteiger partial charge in [-0.15, -0.1) is 4.99 Å². The zero-order valence-corrected chi connectivity index (χ0v) is 11.4. The summed E-state index contributed by atoms with van der Waals surface area (Å²) >= 11 is 0. The Morgan fingerprint density at radius 1 is 1.29 bits per heavy atom. The number of aliphatic carboxylic acids is 1. The molecule has 0 aliphatic carbocycles. The molecule has 1 heterocycles. The van der Waals surface area contributed by atoms with Gasteiger partial charge < -0.3 is 5.11 Å². The van der Waals surface area contributed by atoms with Gasteiger partial charge in [0.05, 0.1) is 5.56 Å². The van der Waals surface area contributed by atoms with Gasteiger partial charge in [0, 0.05) is 5.56 Å². The first kappa shape index (κ1) is 15.1. The number of carboxylic acids is 1. The fraction of sp³-hybridized carbons (Fsp3) is 0.357. The monoisotopic (exact) mass is 293 g/mol. The molecule has 0 aromatic heterocycles. The standard InChI is InChI=1S/C14H15NO6/c1-2-3-8-14(13(18)19)11(16)9-6-4-5-7-10(9)12(17)15-21-20-14/h4-7H,2-3,8H2,1H3,(H,15,17)(H,18,19). The molecule has 7 nitrogen and oxygen atoms in total. The highest BCUT2D eigenvalue weighted by atomic mass is 17.3. The van der Waals surface area contributed by atoms with Crippen molar-refractivity contribution in [2.45, 2.75) is 31.8 Å². The fourth-order valence-electron chi connectivity index (χ4n) is 2.14. The van der Waals surface area contributed by atoms with Crippen LogP contribution in [-0.4, -0.2) is 28.4 Å². The summed E-state index contributed by atoms with van der Waals surface area (Å²) in [5, 5.41) is 9.46. The Morgan fingerprint density at radius 2 is 1.95 bits per heavy atom. The summed E-state index contributed by atoms with van der Waals surface area (Å²) in [5.41, 5.74) is -0.150. The Morgan fingerprint density at radius 3 is 2.57 bits per heavy atom. The zero-order chi connectivity index (χ0) is 15.5. The number of hydrogen-bond acceptors (Lipinski definition) is 5. The van der Waals surface area contributed by atoms with Crippen LogP contribution >= 0.6 is 0 Å². The van der Waals surface area contributed by atoms with Crippen molar-refractivity contribution in [1.82, 2.24) is 5.48 Å². The predicted molar refractivity (Wildman–Crippen MR) is 70.3 cm³/mol. The van der Waals surface area contributed by atoms with Crippen molar-refractivity contribution in [2.24, 2.45) is 0 Å². The van der Waals surface area contributed by atoms with Crippen molar-refractivity contribution in [1.29, 1.82) is 0 Å². The number of fused-ring (bicyclic) bond motifs is 1. The zero-order valence-electron chi connectivity index (χ0n) is 11.4. The van der Waals surface area contributed by atoms with E-state index >= 15 is 0 Å². The molecular weight excluding hydrogens is 278 g/mol. The minimum atomic E-state index is -2.17. The summed E-state index contributed by atoms with van der Waals surface area (Å²) in [7, 11) is 0. The van der Waals surface area contributed by atoms with Crippen LogP contribution in [-0.2, 0) is 14.7 Å². The van der Waals surface area contributed by atoms with Crippen molar-refractivity contribution in [3.05, 3.63) is 35.4 Å². The molecule has 1 aliphatic rings. The highest BCUT2D eigenvalue weighted by Crippen LogP contribution is 2.28. The first-order chi connectivity index (χ1) is 10.0. The lowest BCUT2D eigenvalue weighted by Gasteiger charge is -2.28. The molecule has 1 aromatic rings. The Hall–Kier alpha value is -2.25. The van der Waals surface area contributed by atoms with Crippen LogP contribution in [0.2, 0.25) is 0 Å². The van der Waals surface area contributed by atoms with Crippen LogP contribution in [0.1, 0.15) is 46.9 Å². The van der Waals surface area contributed by atoms with Gasteiger partial charge in [0.25, 0.3) is 11.5 Å². The van der Waals surface area contributed by atoms with Gasteiger partial charge in [-0.2, -0.15) is 10.4 Å². The number of hydrogen-bond donors (Lipinski definition) is 2. The van der Waals surface area contributed by atoms with Gasteiger partial charge in [-0.05, 0) is 18.9 Å². The molecule has 21 heavy (non-hydrogen) atoms. The van der Waals surface area contributed by atoms with E-state index in [1.54, 1.807) is 12.1 Å². The average molecular weight is 293 g/mol. The fourth-order valence-corrected chi connectivity index (χ4v) is 2.14. The number of hydroxylamine groups is 1. The normalized spacial score (nSPS) is 22.0. The predicted octanol–water partition coefficient (Wildman–Crippen LogP) is 1.49. The molecule has 1 amide bonds. The molecule has 0 saturated heterocycles. The van der Waals surface area contributed by atoms with Crippen molar-refractivity contribution in [2.75, 3.05) is 0 Å². The highest BCUT2D eigenvalue weighted by Gasteiger charge is 2.51. The Balaban J connectivity index is 2.54. The molecule has 1 aliphatic heterocycles. The second kappa shape index (κ2) is 6.02. The second-order valence-electron chi connectivity index (χ2n) is 4.71. The van der Waals surface area contributed by atoms with Crippen LogP contribution in [0.25, 0.3) is 0 Å². The van der Waals surface area contributed by atoms with E-state index in [4.69, 9.17) is 4.89 Å². The number of nitrogens with one attached hydrogen (secondary N) is 1. The topological polar surface area (TPSA) is 102 Å². The summed E-state index contributed by atoms with van der Waals surface area (Å²) in [6, 6.07) is 5.95. The molecule has 1 atom stereocenters. The average Bonchev–Trinajstić information content (AvgIpc) is 2.48. The summed E-state index contributed by atoms with van der Waals surface area (Å²) in [6.45, 7) is 1.86. The van der Waals surface area contributed by atoms with E-state index in [1.165, 1.54) is 12.1 Å². The molecule has 0 spiro atoms. The third-order valence-electron chi connectivity index (χ3n) is 3.33. The van der Waals surface area contributed by atoms with E-state index in [0.717, 1.165) is 0 Å². The molecule has 1 aromatic carbocycles. The third kappa shape index (κ3) is 2.65. The number of carbonyl (C=O) groups is 3. The van der Waals surface area contributed by atoms with E-state index in [-0.39, 0.29) is 17.5 Å². The first-order valence-electron chi connectivity index (χ1n) is 6.55. The van der Waals surface area contributed by atoms with Gasteiger partial charge >= 0.3 is 5.97 Å². The van der Waals surface area contributed by atoms with Gasteiger partial charge in [0.2, 0.25) is 5.78 Å². The molecule has 0 bridgehead atoms. The Labute approximate surface area is 120 Å². The summed E-state index contributed by atoms with van der Waals surface area (Å²) in [4.78, 5) is 45.3. The Kier molecular flexibility index (Phi) is 4.35. The number of unbranched alkanes of at least 4 members (excludes halogenated alkanes) is 1. The number of rotatable bonds is 4. The lowest BCUT2D eigenvalue weighted by Crippen LogP contribution is -2.52. The quantitative estimate of drug-likeness (QED) is 0.644. The highest BCUT2D eigenvalue weighted by molar-refractivity contribution is 6.19. The molecule has 2 N–H and O–H groups in total. The first-order valence-corrected chi connectivity index (χ1v) is 6.55. The van der Waals surface area contributed by atoms with Crippen molar-refractivity contribution in [3.8, 4) is 0 Å². The van der Waals surface area contributed by atoms with Gasteiger partial charge in [0.1, 0.15) is 0 Å². The SMILES string of the molecule is CCCCC1(C(=O)O)OONC(=O)c2ccccc2C1=O. The van der Waals surface area contributed by atoms with E-state index in [1.807, 2.05) is 12.4 Å². The largest absolute Gasteiger partial charge is 0.479 e. The molecule has 0 radical (unpaired) electrons. The van der Waals surface area contributed by atoms with Gasteiger partial charge in [0.15, 0.2) is 0 Å². The van der Waals surface area contributed by atoms with Gasteiger partial charge in [-0.3, -0.25) is 9.59 Å². The number of amides is 1. The molecular formula is C14H15NO6. The number of benzene rings is 1. The summed E-state index contributed by atoms with van der Waals surface area (Å²) in [5.74, 6) is -2.92. The minimum absolute atomic E-state index is 0.00296. The van der Waals surface area contributed by atoms with E-state index in [2.05, 4.69) is 4.99 Å². The third-order valence-corrected chi connectivity index (χ3v) is 3.33. The van der Waals surface area contributed by atoms with E-state index in [9.17, 15) is 19.5 Å². The van der Waals surface area contributed by atoms with Crippen molar-refractivity contribution < 1.29 is 29.4 Å². The van der Waals surface area contributed by atoms with E-state index in [0.29, 0.717) is 12.8 Å². The lowest BCUT2D eigenvalue weighted by atomic mass is 9.86. The molecule has 7 heteroatoms. The van der Waals surface area contributed by atoms with Crippen LogP contribution in [0.3, 0.4) is 0 Å². The number of ketones is 1. The van der Waals surface area contributed by atoms with Crippen LogP contribution in [0.15, 0.2) is 24.3 Å². The number of carboxylic acid groups (broad SMARTS) is 1. The molecule has 1 unspecified atom stereocenters. The van der Waals surface area contributed by atoms with Gasteiger partial charge in [-0.25, -0.2) is 4.79 Å². The van der Waals surface area contributed by atoms with Crippen molar-refractivity contribution >= 4 is 17.7 Å². The molecule has 0 saturated carbocycles. The maximum Gasteiger partial charge on any atom is 0.347 e. The maximum atomic E-state index is 12.6. The van der Waals surface area contributed by atoms with Crippen LogP contribution in [0.4, 0.5) is 0 Å². The molecule has 0 fully saturated rings. The van der Waals surface area contributed by atoms with Crippen LogP contribution in [0, 0.1) is 0 Å². The summed E-state index contributed by atoms with van der Waals surface area (Å²) in [6.07, 6.45) is 1.08. The van der Waals surface area contributed by atoms with E-state index < -0.39 is 23.3 Å². The van der Waals surface area contributed by atoms with Crippen molar-refractivity contribution in [3.63, 3.8) is 0 Å². The molecule has 2 rings (SSSR count). The number of carbonyl (C=O) groups excluding carboxylic acids is 2. The number of Topliss-reactive ketones (excluding diaryl/α,β-unsaturated/α-hetero) is 1. The second-order valence-corrected chi connectivity index (χ2v) is 4.71. The van der Waals surface area contributed by atoms with Gasteiger partial charge in [-0.1, -0.05) is 31.5 Å². The van der Waals surface area contributed by atoms with Crippen LogP contribution in [0.5, 0.6) is 0 Å². The Bertz CT molecular complexity index is 585. The molecule has 112 valence electrons. The maximum absolute atomic E-state index is 12.6. The summed E-state index contributed by atoms with van der Waals surface area (Å²) < 4.78 is 0.